The minimum Gasteiger partial charge on any atom is -0.494 e. The number of aliphatic hydroxyl groups excluding tert-OH is 1. The van der Waals surface area contributed by atoms with Gasteiger partial charge in [-0.2, -0.15) is 0 Å². The smallest absolute Gasteiger partial charge is 0.494 e. The Balaban J connectivity index is 1.37. The van der Waals surface area contributed by atoms with Crippen LogP contribution in [0.3, 0.4) is 0 Å². The summed E-state index contributed by atoms with van der Waals surface area (Å²) in [6.07, 6.45) is 2.56. The molecule has 1 aromatic rings. The third-order valence-electron chi connectivity index (χ3n) is 5.06. The molecule has 0 bridgehead atoms. The molecule has 0 radical (unpaired) electrons. The second-order valence-electron chi connectivity index (χ2n) is 7.15. The van der Waals surface area contributed by atoms with Crippen molar-refractivity contribution in [1.29, 1.82) is 0 Å². The topological polar surface area (TPSA) is 97.7 Å². The van der Waals surface area contributed by atoms with Crippen molar-refractivity contribution in [1.82, 2.24) is 5.06 Å². The van der Waals surface area contributed by atoms with Crippen LogP contribution < -0.4 is 4.74 Å². The number of carboxylic acid groups (broad SMARTS) is 1. The number of hydroxylamine groups is 2. The zero-order valence-electron chi connectivity index (χ0n) is 16.0. The van der Waals surface area contributed by atoms with Crippen LogP contribution in [0.5, 0.6) is 5.75 Å². The van der Waals surface area contributed by atoms with Gasteiger partial charge in [0.1, 0.15) is 5.75 Å². The quantitative estimate of drug-likeness (QED) is 0.649. The first-order valence-electron chi connectivity index (χ1n) is 9.91. The summed E-state index contributed by atoms with van der Waals surface area (Å²) in [5.74, 6) is 0.727. The first kappa shape index (κ1) is 20.9. The number of nitrogens with zero attached hydrogens (tertiary/aromatic N) is 1. The molecule has 8 nitrogen and oxygen atoms in total. The highest BCUT2D eigenvalue weighted by Crippen LogP contribution is 2.29. The Morgan fingerprint density at radius 3 is 2.68 bits per heavy atom. The van der Waals surface area contributed by atoms with E-state index in [-0.39, 0.29) is 18.8 Å². The Morgan fingerprint density at radius 1 is 1.18 bits per heavy atom. The average molecular weight is 395 g/mol. The molecule has 0 aliphatic carbocycles. The van der Waals surface area contributed by atoms with Gasteiger partial charge in [-0.05, 0) is 43.4 Å². The number of β-amino-alcohol motifs (C(OH)–C–C–N with tert-alkyl or cyclic N) is 1. The van der Waals surface area contributed by atoms with Crippen LogP contribution in [0.4, 0.5) is 4.79 Å². The molecule has 3 atom stereocenters. The predicted octanol–water partition coefficient (Wildman–Crippen LogP) is 2.76. The van der Waals surface area contributed by atoms with Gasteiger partial charge in [-0.3, -0.25) is 0 Å². The molecule has 0 saturated carbocycles. The normalized spacial score (nSPS) is 26.0. The first-order chi connectivity index (χ1) is 13.6. The molecule has 8 heteroatoms. The van der Waals surface area contributed by atoms with Crippen molar-refractivity contribution in [2.24, 2.45) is 0 Å². The maximum atomic E-state index is 10.6. The zero-order chi connectivity index (χ0) is 19.8. The van der Waals surface area contributed by atoms with E-state index in [2.05, 4.69) is 4.84 Å². The van der Waals surface area contributed by atoms with Crippen LogP contribution in [0.15, 0.2) is 24.3 Å². The summed E-state index contributed by atoms with van der Waals surface area (Å²) < 4.78 is 17.0. The zero-order valence-corrected chi connectivity index (χ0v) is 16.0. The monoisotopic (exact) mass is 395 g/mol. The van der Waals surface area contributed by atoms with Gasteiger partial charge in [-0.1, -0.05) is 12.1 Å². The molecule has 3 unspecified atom stereocenters. The van der Waals surface area contributed by atoms with E-state index in [1.165, 1.54) is 5.06 Å². The molecule has 2 heterocycles. The summed E-state index contributed by atoms with van der Waals surface area (Å²) in [5.41, 5.74) is 1.01. The summed E-state index contributed by atoms with van der Waals surface area (Å²) in [7, 11) is 0. The van der Waals surface area contributed by atoms with E-state index in [1.54, 1.807) is 0 Å². The van der Waals surface area contributed by atoms with Crippen molar-refractivity contribution in [2.45, 2.75) is 50.4 Å². The van der Waals surface area contributed by atoms with Crippen LogP contribution in [-0.4, -0.2) is 66.7 Å². The van der Waals surface area contributed by atoms with E-state index in [1.807, 2.05) is 24.3 Å². The van der Waals surface area contributed by atoms with Crippen molar-refractivity contribution in [3.05, 3.63) is 29.8 Å². The van der Waals surface area contributed by atoms with E-state index in [0.717, 1.165) is 43.6 Å². The number of carbonyl (C=O) groups is 1. The lowest BCUT2D eigenvalue weighted by molar-refractivity contribution is -0.163. The molecular formula is C20H29NO7. The number of hydrogen-bond donors (Lipinski definition) is 2. The second kappa shape index (κ2) is 10.6. The van der Waals surface area contributed by atoms with E-state index >= 15 is 0 Å². The Labute approximate surface area is 164 Å². The molecular weight excluding hydrogens is 366 g/mol. The van der Waals surface area contributed by atoms with Gasteiger partial charge in [0.25, 0.3) is 0 Å². The molecule has 2 N–H and O–H groups in total. The summed E-state index contributed by atoms with van der Waals surface area (Å²) in [6.45, 7) is 2.59. The Morgan fingerprint density at radius 2 is 2.00 bits per heavy atom. The van der Waals surface area contributed by atoms with Crippen molar-refractivity contribution in [2.75, 3.05) is 32.9 Å². The van der Waals surface area contributed by atoms with Crippen LogP contribution in [0, 0.1) is 0 Å². The molecule has 0 aromatic heterocycles. The standard InChI is InChI=1S/C20H29NO7/c22-18-14-21(28-20(23)24)10-9-17(18)15-5-7-16(8-6-15)25-12-3-13-27-19-4-1-2-11-26-19/h5-8,17-19,22H,1-4,9-14H2,(H,23,24). The van der Waals surface area contributed by atoms with E-state index in [9.17, 15) is 9.90 Å². The third kappa shape index (κ3) is 6.34. The molecule has 156 valence electrons. The highest BCUT2D eigenvalue weighted by Gasteiger charge is 2.30. The van der Waals surface area contributed by atoms with Crippen molar-refractivity contribution in [3.8, 4) is 5.75 Å². The lowest BCUT2D eigenvalue weighted by Crippen LogP contribution is -2.43. The average Bonchev–Trinajstić information content (AvgIpc) is 2.69. The first-order valence-corrected chi connectivity index (χ1v) is 9.91. The van der Waals surface area contributed by atoms with Gasteiger partial charge in [0.15, 0.2) is 6.29 Å². The molecule has 2 saturated heterocycles. The van der Waals surface area contributed by atoms with Gasteiger partial charge in [0.2, 0.25) is 0 Å². The van der Waals surface area contributed by atoms with Gasteiger partial charge in [0.05, 0.1) is 25.9 Å². The van der Waals surface area contributed by atoms with Crippen LogP contribution in [0.2, 0.25) is 0 Å². The summed E-state index contributed by atoms with van der Waals surface area (Å²) in [6, 6.07) is 7.69. The summed E-state index contributed by atoms with van der Waals surface area (Å²) in [5, 5.41) is 20.3. The van der Waals surface area contributed by atoms with Crippen molar-refractivity contribution >= 4 is 6.16 Å². The van der Waals surface area contributed by atoms with Crippen LogP contribution in [-0.2, 0) is 14.3 Å². The second-order valence-corrected chi connectivity index (χ2v) is 7.15. The Hall–Kier alpha value is -1.87. The van der Waals surface area contributed by atoms with Crippen LogP contribution in [0.25, 0.3) is 0 Å². The van der Waals surface area contributed by atoms with Gasteiger partial charge in [-0.25, -0.2) is 4.79 Å². The Bertz CT molecular complexity index is 603. The minimum atomic E-state index is -1.36. The van der Waals surface area contributed by atoms with Gasteiger partial charge < -0.3 is 29.3 Å². The fourth-order valence-electron chi connectivity index (χ4n) is 3.60. The Kier molecular flexibility index (Phi) is 7.90. The molecule has 28 heavy (non-hydrogen) atoms. The molecule has 2 aliphatic heterocycles. The highest BCUT2D eigenvalue weighted by molar-refractivity contribution is 5.56. The molecule has 1 aromatic carbocycles. The van der Waals surface area contributed by atoms with E-state index in [4.69, 9.17) is 19.3 Å². The lowest BCUT2D eigenvalue weighted by atomic mass is 9.88. The fourth-order valence-corrected chi connectivity index (χ4v) is 3.60. The number of aliphatic hydroxyl groups is 1. The molecule has 0 spiro atoms. The van der Waals surface area contributed by atoms with Gasteiger partial charge in [0, 0.05) is 25.5 Å². The van der Waals surface area contributed by atoms with E-state index in [0.29, 0.717) is 26.2 Å². The number of ether oxygens (including phenoxy) is 3. The highest BCUT2D eigenvalue weighted by atomic mass is 16.8. The minimum absolute atomic E-state index is 0.0495. The third-order valence-corrected chi connectivity index (χ3v) is 5.06. The maximum absolute atomic E-state index is 10.6. The van der Waals surface area contributed by atoms with Crippen LogP contribution >= 0.6 is 0 Å². The number of piperidine rings is 1. The summed E-state index contributed by atoms with van der Waals surface area (Å²) in [4.78, 5) is 15.2. The number of rotatable bonds is 8. The summed E-state index contributed by atoms with van der Waals surface area (Å²) >= 11 is 0. The molecule has 2 fully saturated rings. The molecule has 2 aliphatic rings. The largest absolute Gasteiger partial charge is 0.525 e. The van der Waals surface area contributed by atoms with Gasteiger partial charge >= 0.3 is 6.16 Å². The number of hydrogen-bond acceptors (Lipinski definition) is 7. The molecule has 3 rings (SSSR count). The van der Waals surface area contributed by atoms with E-state index < -0.39 is 12.3 Å². The fraction of sp³-hybridized carbons (Fsp3) is 0.650. The number of benzene rings is 1. The van der Waals surface area contributed by atoms with Crippen molar-refractivity contribution in [3.63, 3.8) is 0 Å². The predicted molar refractivity (Wildman–Crippen MR) is 100 cm³/mol. The van der Waals surface area contributed by atoms with Crippen LogP contribution in [0.1, 0.15) is 43.6 Å². The molecule has 0 amide bonds. The van der Waals surface area contributed by atoms with Crippen molar-refractivity contribution < 1.29 is 34.1 Å². The maximum Gasteiger partial charge on any atom is 0.525 e. The SMILES string of the molecule is O=C(O)ON1CCC(c2ccc(OCCCOC3CCCCO3)cc2)C(O)C1. The lowest BCUT2D eigenvalue weighted by Gasteiger charge is -2.34. The van der Waals surface area contributed by atoms with Gasteiger partial charge in [-0.15, -0.1) is 5.06 Å².